The van der Waals surface area contributed by atoms with Crippen LogP contribution in [0.2, 0.25) is 0 Å². The summed E-state index contributed by atoms with van der Waals surface area (Å²) in [5.41, 5.74) is 5.94. The van der Waals surface area contributed by atoms with E-state index in [0.717, 1.165) is 48.4 Å². The van der Waals surface area contributed by atoms with Gasteiger partial charge in [-0.2, -0.15) is 0 Å². The molecule has 1 aliphatic heterocycles. The molecule has 2 heterocycles. The average molecular weight is 444 g/mol. The molecule has 0 bridgehead atoms. The number of carbonyl (C=O) groups excluding carboxylic acids is 1. The van der Waals surface area contributed by atoms with Crippen LogP contribution in [-0.4, -0.2) is 42.0 Å². The molecule has 1 amide bonds. The molecule has 32 heavy (non-hydrogen) atoms. The molecule has 3 aromatic carbocycles. The summed E-state index contributed by atoms with van der Waals surface area (Å²) in [6, 6.07) is 24.0. The molecule has 0 N–H and O–H groups in total. The van der Waals surface area contributed by atoms with Gasteiger partial charge in [0.2, 0.25) is 0 Å². The Hall–Kier alpha value is -3.25. The van der Waals surface area contributed by atoms with E-state index < -0.39 is 0 Å². The van der Waals surface area contributed by atoms with E-state index in [1.807, 2.05) is 53.4 Å². The van der Waals surface area contributed by atoms with Crippen LogP contribution in [0.5, 0.6) is 0 Å². The minimum atomic E-state index is 0.100. The number of carbonyl (C=O) groups is 1. The first-order chi connectivity index (χ1) is 15.7. The van der Waals surface area contributed by atoms with Crippen molar-refractivity contribution in [2.45, 2.75) is 17.9 Å². The quantitative estimate of drug-likeness (QED) is 0.387. The van der Waals surface area contributed by atoms with E-state index in [1.54, 1.807) is 0 Å². The van der Waals surface area contributed by atoms with Crippen molar-refractivity contribution in [1.29, 1.82) is 0 Å². The van der Waals surface area contributed by atoms with Gasteiger partial charge in [-0.05, 0) is 42.3 Å². The molecule has 1 fully saturated rings. The first-order valence-corrected chi connectivity index (χ1v) is 11.8. The van der Waals surface area contributed by atoms with Crippen molar-refractivity contribution in [3.63, 3.8) is 0 Å². The number of hydrogen-bond donors (Lipinski definition) is 0. The maximum atomic E-state index is 13.3. The van der Waals surface area contributed by atoms with Crippen LogP contribution >= 0.6 is 11.8 Å². The Morgan fingerprint density at radius 1 is 0.938 bits per heavy atom. The molecule has 162 valence electrons. The van der Waals surface area contributed by atoms with Crippen molar-refractivity contribution in [2.24, 2.45) is 0 Å². The summed E-state index contributed by atoms with van der Waals surface area (Å²) in [4.78, 5) is 22.2. The fourth-order valence-electron chi connectivity index (χ4n) is 4.15. The lowest BCUT2D eigenvalue weighted by molar-refractivity contribution is 0.0746. The number of rotatable bonds is 5. The first-order valence-electron chi connectivity index (χ1n) is 10.9. The zero-order valence-corrected chi connectivity index (χ0v) is 18.8. The number of oxazole rings is 1. The van der Waals surface area contributed by atoms with Gasteiger partial charge in [-0.25, -0.2) is 4.98 Å². The molecular weight excluding hydrogens is 418 g/mol. The summed E-state index contributed by atoms with van der Waals surface area (Å²) in [5.74, 6) is 0.737. The Labute approximate surface area is 192 Å². The van der Waals surface area contributed by atoms with Crippen LogP contribution in [-0.2, 0) is 5.75 Å². The smallest absolute Gasteiger partial charge is 0.257 e. The number of para-hydroxylation sites is 3. The minimum absolute atomic E-state index is 0.100. The SMILES string of the molecule is Cc1ccccc1N1CCN(C(=O)c2ccccc2CSc2nc3ccccc3o2)CC1. The number of hydrogen-bond acceptors (Lipinski definition) is 5. The number of benzene rings is 3. The van der Waals surface area contributed by atoms with Gasteiger partial charge in [-0.15, -0.1) is 0 Å². The maximum absolute atomic E-state index is 13.3. The highest BCUT2D eigenvalue weighted by Crippen LogP contribution is 2.28. The van der Waals surface area contributed by atoms with E-state index in [1.165, 1.54) is 23.0 Å². The Kier molecular flexibility index (Phi) is 5.86. The third-order valence-electron chi connectivity index (χ3n) is 5.90. The molecule has 1 saturated heterocycles. The molecular formula is C26H25N3O2S. The van der Waals surface area contributed by atoms with E-state index in [9.17, 15) is 4.79 Å². The Bertz CT molecular complexity index is 1210. The zero-order chi connectivity index (χ0) is 21.9. The van der Waals surface area contributed by atoms with E-state index in [4.69, 9.17) is 4.42 Å². The van der Waals surface area contributed by atoms with E-state index in [-0.39, 0.29) is 5.91 Å². The van der Waals surface area contributed by atoms with E-state index in [0.29, 0.717) is 11.0 Å². The summed E-state index contributed by atoms with van der Waals surface area (Å²) in [6.45, 7) is 5.27. The van der Waals surface area contributed by atoms with Gasteiger partial charge in [0.15, 0.2) is 5.58 Å². The molecule has 1 aromatic heterocycles. The third kappa shape index (κ3) is 4.23. The minimum Gasteiger partial charge on any atom is -0.431 e. The van der Waals surface area contributed by atoms with E-state index >= 15 is 0 Å². The van der Waals surface area contributed by atoms with Crippen molar-refractivity contribution < 1.29 is 9.21 Å². The predicted molar refractivity (Wildman–Crippen MR) is 129 cm³/mol. The summed E-state index contributed by atoms with van der Waals surface area (Å²) >= 11 is 1.52. The fourth-order valence-corrected chi connectivity index (χ4v) is 4.99. The zero-order valence-electron chi connectivity index (χ0n) is 18.0. The number of piperazine rings is 1. The maximum Gasteiger partial charge on any atom is 0.257 e. The fraction of sp³-hybridized carbons (Fsp3) is 0.231. The Morgan fingerprint density at radius 2 is 1.66 bits per heavy atom. The normalized spacial score (nSPS) is 14.2. The lowest BCUT2D eigenvalue weighted by Crippen LogP contribution is -2.49. The predicted octanol–water partition coefficient (Wildman–Crippen LogP) is 5.39. The topological polar surface area (TPSA) is 49.6 Å². The van der Waals surface area contributed by atoms with Gasteiger partial charge in [0.1, 0.15) is 5.52 Å². The largest absolute Gasteiger partial charge is 0.431 e. The summed E-state index contributed by atoms with van der Waals surface area (Å²) in [6.07, 6.45) is 0. The molecule has 0 radical (unpaired) electrons. The number of amides is 1. The van der Waals surface area contributed by atoms with Crippen molar-refractivity contribution in [3.05, 3.63) is 89.5 Å². The summed E-state index contributed by atoms with van der Waals surface area (Å²) in [5, 5.41) is 0.625. The van der Waals surface area contributed by atoms with Crippen LogP contribution in [0.25, 0.3) is 11.1 Å². The Balaban J connectivity index is 1.26. The van der Waals surface area contributed by atoms with Gasteiger partial charge in [-0.1, -0.05) is 60.3 Å². The van der Waals surface area contributed by atoms with Gasteiger partial charge in [0, 0.05) is 43.2 Å². The second-order valence-electron chi connectivity index (χ2n) is 7.96. The van der Waals surface area contributed by atoms with Crippen LogP contribution in [0.15, 0.2) is 82.4 Å². The highest BCUT2D eigenvalue weighted by molar-refractivity contribution is 7.98. The monoisotopic (exact) mass is 443 g/mol. The van der Waals surface area contributed by atoms with Crippen molar-refractivity contribution in [1.82, 2.24) is 9.88 Å². The van der Waals surface area contributed by atoms with Crippen LogP contribution in [0.4, 0.5) is 5.69 Å². The molecule has 5 rings (SSSR count). The van der Waals surface area contributed by atoms with Gasteiger partial charge in [0.05, 0.1) is 0 Å². The standard InChI is InChI=1S/C26H25N3O2S/c1-19-8-2-6-12-23(19)28-14-16-29(17-15-28)25(30)21-10-4-3-9-20(21)18-32-26-27-22-11-5-7-13-24(22)31-26/h2-13H,14-18H2,1H3. The highest BCUT2D eigenvalue weighted by Gasteiger charge is 2.24. The third-order valence-corrected chi connectivity index (χ3v) is 6.77. The Morgan fingerprint density at radius 3 is 2.47 bits per heavy atom. The number of anilines is 1. The number of aromatic nitrogens is 1. The second-order valence-corrected chi connectivity index (χ2v) is 8.89. The lowest BCUT2D eigenvalue weighted by Gasteiger charge is -2.37. The second kappa shape index (κ2) is 9.09. The first kappa shape index (κ1) is 20.6. The van der Waals surface area contributed by atoms with Gasteiger partial charge in [0.25, 0.3) is 11.1 Å². The van der Waals surface area contributed by atoms with Crippen LogP contribution < -0.4 is 4.90 Å². The molecule has 5 nitrogen and oxygen atoms in total. The molecule has 0 aliphatic carbocycles. The lowest BCUT2D eigenvalue weighted by atomic mass is 10.1. The number of aryl methyl sites for hydroxylation is 1. The molecule has 0 spiro atoms. The van der Waals surface area contributed by atoms with Crippen LogP contribution in [0, 0.1) is 6.92 Å². The van der Waals surface area contributed by atoms with Crippen molar-refractivity contribution in [3.8, 4) is 0 Å². The number of nitrogens with zero attached hydrogens (tertiary/aromatic N) is 3. The average Bonchev–Trinajstić information content (AvgIpc) is 3.26. The molecule has 4 aromatic rings. The molecule has 0 atom stereocenters. The number of fused-ring (bicyclic) bond motifs is 1. The molecule has 1 aliphatic rings. The molecule has 0 saturated carbocycles. The summed E-state index contributed by atoms with van der Waals surface area (Å²) < 4.78 is 5.82. The van der Waals surface area contributed by atoms with Crippen molar-refractivity contribution in [2.75, 3.05) is 31.1 Å². The summed E-state index contributed by atoms with van der Waals surface area (Å²) in [7, 11) is 0. The molecule has 0 unspecified atom stereocenters. The van der Waals surface area contributed by atoms with E-state index in [2.05, 4.69) is 41.1 Å². The molecule has 6 heteroatoms. The van der Waals surface area contributed by atoms with Gasteiger partial charge >= 0.3 is 0 Å². The highest BCUT2D eigenvalue weighted by atomic mass is 32.2. The number of thioether (sulfide) groups is 1. The van der Waals surface area contributed by atoms with Gasteiger partial charge in [-0.3, -0.25) is 4.79 Å². The van der Waals surface area contributed by atoms with Crippen LogP contribution in [0.3, 0.4) is 0 Å². The van der Waals surface area contributed by atoms with Crippen LogP contribution in [0.1, 0.15) is 21.5 Å². The van der Waals surface area contributed by atoms with Crippen molar-refractivity contribution >= 4 is 34.5 Å². The van der Waals surface area contributed by atoms with Gasteiger partial charge < -0.3 is 14.2 Å².